The fourth-order valence-corrected chi connectivity index (χ4v) is 5.39. The van der Waals surface area contributed by atoms with E-state index >= 15 is 0 Å². The number of halogens is 1. The molecule has 5 nitrogen and oxygen atoms in total. The number of carboxylic acids is 1. The number of fused-ring (bicyclic) bond motifs is 2. The fraction of sp³-hybridized carbons (Fsp3) is 0.312. The molecule has 0 saturated heterocycles. The normalized spacial score (nSPS) is 27.5. The number of aromatic nitrogens is 1. The quantitative estimate of drug-likeness (QED) is 0.786. The van der Waals surface area contributed by atoms with E-state index in [0.717, 1.165) is 17.0 Å². The minimum absolute atomic E-state index is 0.00614. The number of thiazole rings is 1. The molecule has 0 radical (unpaired) electrons. The molecular weight excluding hydrogens is 368 g/mol. The van der Waals surface area contributed by atoms with Crippen molar-refractivity contribution in [3.63, 3.8) is 0 Å². The van der Waals surface area contributed by atoms with Crippen LogP contribution in [0.5, 0.6) is 0 Å². The summed E-state index contributed by atoms with van der Waals surface area (Å²) in [6.45, 7) is 0. The SMILES string of the molecule is O=C(O)[C@@H]1[C@@H](C(=O)Nc2nc(-c3ccc(Cl)s3)cs2)[C@H]2C=C[C@H]1C2. The first-order valence-electron chi connectivity index (χ1n) is 7.46. The molecular formula is C16H13ClN2O3S2. The van der Waals surface area contributed by atoms with Gasteiger partial charge in [-0.05, 0) is 30.4 Å². The van der Waals surface area contributed by atoms with Gasteiger partial charge in [-0.15, -0.1) is 22.7 Å². The summed E-state index contributed by atoms with van der Waals surface area (Å²) in [6.07, 6.45) is 4.64. The average molecular weight is 381 g/mol. The minimum atomic E-state index is -0.903. The fourth-order valence-electron chi connectivity index (χ4n) is 3.60. The summed E-state index contributed by atoms with van der Waals surface area (Å²) in [5.41, 5.74) is 0.759. The highest BCUT2D eigenvalue weighted by molar-refractivity contribution is 7.20. The van der Waals surface area contributed by atoms with Crippen molar-refractivity contribution in [2.75, 3.05) is 5.32 Å². The number of nitrogens with zero attached hydrogens (tertiary/aromatic N) is 1. The molecule has 2 N–H and O–H groups in total. The second-order valence-corrected chi connectivity index (χ2v) is 8.54. The number of rotatable bonds is 4. The Bertz CT molecular complexity index is 844. The molecule has 2 aliphatic rings. The lowest BCUT2D eigenvalue weighted by Crippen LogP contribution is -2.36. The van der Waals surface area contributed by atoms with Crippen LogP contribution in [-0.2, 0) is 9.59 Å². The first kappa shape index (κ1) is 15.8. The van der Waals surface area contributed by atoms with Crippen molar-refractivity contribution in [3.8, 4) is 10.6 Å². The Hall–Kier alpha value is -1.70. The first-order valence-corrected chi connectivity index (χ1v) is 9.53. The van der Waals surface area contributed by atoms with Gasteiger partial charge in [-0.2, -0.15) is 0 Å². The van der Waals surface area contributed by atoms with Gasteiger partial charge in [0.1, 0.15) is 0 Å². The highest BCUT2D eigenvalue weighted by Gasteiger charge is 2.51. The van der Waals surface area contributed by atoms with Crippen LogP contribution in [0.1, 0.15) is 6.42 Å². The van der Waals surface area contributed by atoms with Gasteiger partial charge in [0.25, 0.3) is 0 Å². The van der Waals surface area contributed by atoms with Gasteiger partial charge in [0.2, 0.25) is 5.91 Å². The standard InChI is InChI=1S/C16H13ClN2O3S2/c17-11-4-3-10(24-11)9-6-23-16(18-9)19-14(20)12-7-1-2-8(5-7)13(12)15(21)22/h1-4,6-8,12-13H,5H2,(H,21,22)(H,18,19,20)/t7-,8-,12-,13-/m0/s1. The van der Waals surface area contributed by atoms with Crippen molar-refractivity contribution >= 4 is 51.3 Å². The molecule has 1 saturated carbocycles. The van der Waals surface area contributed by atoms with Crippen molar-refractivity contribution in [2.24, 2.45) is 23.7 Å². The van der Waals surface area contributed by atoms with Crippen LogP contribution in [0.15, 0.2) is 29.7 Å². The van der Waals surface area contributed by atoms with E-state index in [9.17, 15) is 14.7 Å². The number of allylic oxidation sites excluding steroid dienone is 2. The molecule has 2 bridgehead atoms. The molecule has 2 heterocycles. The van der Waals surface area contributed by atoms with Gasteiger partial charge < -0.3 is 10.4 Å². The Balaban J connectivity index is 1.51. The van der Waals surface area contributed by atoms with Gasteiger partial charge in [0.05, 0.1) is 26.7 Å². The maximum Gasteiger partial charge on any atom is 0.307 e. The summed E-state index contributed by atoms with van der Waals surface area (Å²) in [5.74, 6) is -2.36. The zero-order chi connectivity index (χ0) is 16.8. The Kier molecular flexibility index (Phi) is 3.94. The molecule has 2 aromatic rings. The van der Waals surface area contributed by atoms with Gasteiger partial charge in [0.15, 0.2) is 5.13 Å². The van der Waals surface area contributed by atoms with Crippen molar-refractivity contribution < 1.29 is 14.7 Å². The second-order valence-electron chi connectivity index (χ2n) is 5.97. The van der Waals surface area contributed by atoms with E-state index in [4.69, 9.17) is 11.6 Å². The molecule has 2 aliphatic carbocycles. The third kappa shape index (κ3) is 2.66. The number of carboxylic acid groups (broad SMARTS) is 1. The largest absolute Gasteiger partial charge is 0.481 e. The Labute approximate surface area is 151 Å². The van der Waals surface area contributed by atoms with E-state index in [2.05, 4.69) is 10.3 Å². The number of aliphatic carboxylic acids is 1. The molecule has 8 heteroatoms. The van der Waals surface area contributed by atoms with E-state index in [1.54, 1.807) is 6.07 Å². The van der Waals surface area contributed by atoms with Crippen molar-refractivity contribution in [1.29, 1.82) is 0 Å². The molecule has 0 spiro atoms. The number of hydrogen-bond acceptors (Lipinski definition) is 5. The van der Waals surface area contributed by atoms with Crippen molar-refractivity contribution in [1.82, 2.24) is 4.98 Å². The third-order valence-electron chi connectivity index (χ3n) is 4.61. The predicted molar refractivity (Wildman–Crippen MR) is 94.4 cm³/mol. The Morgan fingerprint density at radius 2 is 2.00 bits per heavy atom. The molecule has 0 aliphatic heterocycles. The molecule has 0 aromatic carbocycles. The van der Waals surface area contributed by atoms with Gasteiger partial charge in [-0.3, -0.25) is 9.59 Å². The van der Waals surface area contributed by atoms with Crippen LogP contribution in [0.3, 0.4) is 0 Å². The molecule has 4 rings (SSSR count). The topological polar surface area (TPSA) is 79.3 Å². The van der Waals surface area contributed by atoms with E-state index in [1.165, 1.54) is 22.7 Å². The van der Waals surface area contributed by atoms with Crippen LogP contribution < -0.4 is 5.32 Å². The van der Waals surface area contributed by atoms with Gasteiger partial charge in [-0.1, -0.05) is 23.8 Å². The summed E-state index contributed by atoms with van der Waals surface area (Å²) in [7, 11) is 0. The van der Waals surface area contributed by atoms with Crippen LogP contribution in [-0.4, -0.2) is 22.0 Å². The van der Waals surface area contributed by atoms with Crippen LogP contribution >= 0.6 is 34.3 Å². The molecule has 4 atom stereocenters. The van der Waals surface area contributed by atoms with Gasteiger partial charge in [0, 0.05) is 5.38 Å². The van der Waals surface area contributed by atoms with Crippen LogP contribution in [0.2, 0.25) is 4.34 Å². The summed E-state index contributed by atoms with van der Waals surface area (Å²) in [4.78, 5) is 29.5. The number of carbonyl (C=O) groups excluding carboxylic acids is 1. The number of anilines is 1. The highest BCUT2D eigenvalue weighted by Crippen LogP contribution is 2.48. The van der Waals surface area contributed by atoms with Crippen molar-refractivity contribution in [3.05, 3.63) is 34.0 Å². The first-order chi connectivity index (χ1) is 11.5. The molecule has 1 fully saturated rings. The molecule has 124 valence electrons. The second kappa shape index (κ2) is 5.98. The smallest absolute Gasteiger partial charge is 0.307 e. The van der Waals surface area contributed by atoms with E-state index in [0.29, 0.717) is 9.47 Å². The lowest BCUT2D eigenvalue weighted by Gasteiger charge is -2.23. The summed E-state index contributed by atoms with van der Waals surface area (Å²) in [6, 6.07) is 3.69. The lowest BCUT2D eigenvalue weighted by molar-refractivity contribution is -0.146. The predicted octanol–water partition coefficient (Wildman–Crippen LogP) is 3.99. The van der Waals surface area contributed by atoms with Crippen molar-refractivity contribution in [2.45, 2.75) is 6.42 Å². The maximum absolute atomic E-state index is 12.6. The number of amides is 1. The molecule has 1 amide bonds. The molecule has 2 aromatic heterocycles. The summed E-state index contributed by atoms with van der Waals surface area (Å²) < 4.78 is 0.682. The zero-order valence-electron chi connectivity index (χ0n) is 12.3. The Morgan fingerprint density at radius 3 is 2.67 bits per heavy atom. The lowest BCUT2D eigenvalue weighted by atomic mass is 9.82. The van der Waals surface area contributed by atoms with Crippen LogP contribution in [0.4, 0.5) is 5.13 Å². The van der Waals surface area contributed by atoms with Crippen LogP contribution in [0, 0.1) is 23.7 Å². The monoisotopic (exact) mass is 380 g/mol. The minimum Gasteiger partial charge on any atom is -0.481 e. The van der Waals surface area contributed by atoms with Gasteiger partial charge in [-0.25, -0.2) is 4.98 Å². The summed E-state index contributed by atoms with van der Waals surface area (Å²) >= 11 is 8.68. The molecule has 0 unspecified atom stereocenters. The summed E-state index contributed by atoms with van der Waals surface area (Å²) in [5, 5.41) is 14.6. The average Bonchev–Trinajstić information content (AvgIpc) is 3.29. The van der Waals surface area contributed by atoms with E-state index in [1.807, 2.05) is 23.6 Å². The zero-order valence-corrected chi connectivity index (χ0v) is 14.7. The molecule has 24 heavy (non-hydrogen) atoms. The third-order valence-corrected chi connectivity index (χ3v) is 6.62. The Morgan fingerprint density at radius 1 is 1.25 bits per heavy atom. The van der Waals surface area contributed by atoms with E-state index < -0.39 is 17.8 Å². The van der Waals surface area contributed by atoms with E-state index in [-0.39, 0.29) is 17.7 Å². The highest BCUT2D eigenvalue weighted by atomic mass is 35.5. The maximum atomic E-state index is 12.6. The van der Waals surface area contributed by atoms with Gasteiger partial charge >= 0.3 is 5.97 Å². The number of thiophene rings is 1. The number of nitrogens with one attached hydrogen (secondary N) is 1. The van der Waals surface area contributed by atoms with Crippen LogP contribution in [0.25, 0.3) is 10.6 Å². The number of hydrogen-bond donors (Lipinski definition) is 2. The number of carbonyl (C=O) groups is 2.